The molecule has 0 amide bonds. The molecule has 1 atom stereocenters. The molecule has 184 valence electrons. The van der Waals surface area contributed by atoms with Crippen molar-refractivity contribution >= 4 is 23.1 Å². The first-order valence-electron chi connectivity index (χ1n) is 12.0. The molecule has 0 aliphatic carbocycles. The summed E-state index contributed by atoms with van der Waals surface area (Å²) in [4.78, 5) is 7.03. The fourth-order valence-electron chi connectivity index (χ4n) is 4.85. The lowest BCUT2D eigenvalue weighted by atomic mass is 10.1. The Kier molecular flexibility index (Phi) is 6.16. The second kappa shape index (κ2) is 9.27. The van der Waals surface area contributed by atoms with Crippen molar-refractivity contribution in [2.45, 2.75) is 46.9 Å². The lowest BCUT2D eigenvalue weighted by molar-refractivity contribution is 0.133. The van der Waals surface area contributed by atoms with Crippen LogP contribution in [0.15, 0.2) is 12.3 Å². The number of likely N-dealkylation sites (N-methyl/N-ethyl adjacent to an activating group) is 1. The highest BCUT2D eigenvalue weighted by Gasteiger charge is 2.23. The van der Waals surface area contributed by atoms with E-state index >= 15 is 0 Å². The maximum Gasteiger partial charge on any atom is 0.221 e. The molecule has 0 fully saturated rings. The number of nitrogens with one attached hydrogen (secondary N) is 1. The predicted molar refractivity (Wildman–Crippen MR) is 135 cm³/mol. The monoisotopic (exact) mass is 476 g/mol. The molecule has 0 radical (unpaired) electrons. The Morgan fingerprint density at radius 2 is 2.03 bits per heavy atom. The van der Waals surface area contributed by atoms with Gasteiger partial charge in [0.05, 0.1) is 58.9 Å². The Morgan fingerprint density at radius 3 is 2.80 bits per heavy atom. The molecule has 1 aliphatic rings. The van der Waals surface area contributed by atoms with Crippen LogP contribution in [-0.2, 0) is 20.1 Å². The normalized spacial score (nSPS) is 17.6. The first kappa shape index (κ1) is 23.3. The fourth-order valence-corrected chi connectivity index (χ4v) is 4.85. The van der Waals surface area contributed by atoms with Crippen molar-refractivity contribution in [3.05, 3.63) is 40.6 Å². The van der Waals surface area contributed by atoms with Gasteiger partial charge in [-0.3, -0.25) is 19.7 Å². The van der Waals surface area contributed by atoms with E-state index in [1.165, 1.54) is 0 Å². The molecule has 4 aromatic heterocycles. The van der Waals surface area contributed by atoms with Gasteiger partial charge in [0, 0.05) is 31.1 Å². The quantitative estimate of drug-likeness (QED) is 0.468. The Labute approximate surface area is 204 Å². The van der Waals surface area contributed by atoms with Crippen molar-refractivity contribution < 1.29 is 9.84 Å². The van der Waals surface area contributed by atoms with Crippen LogP contribution in [-0.4, -0.2) is 70.5 Å². The van der Waals surface area contributed by atoms with E-state index in [1.54, 1.807) is 4.68 Å². The Morgan fingerprint density at radius 1 is 1.20 bits per heavy atom. The van der Waals surface area contributed by atoms with Crippen LogP contribution >= 0.6 is 0 Å². The van der Waals surface area contributed by atoms with E-state index in [-0.39, 0.29) is 12.7 Å². The maximum absolute atomic E-state index is 9.64. The number of aryl methyl sites for hydroxylation is 3. The second-order valence-corrected chi connectivity index (χ2v) is 9.10. The van der Waals surface area contributed by atoms with Crippen LogP contribution in [0.2, 0.25) is 0 Å². The summed E-state index contributed by atoms with van der Waals surface area (Å²) in [5.41, 5.74) is 7.29. The molecule has 35 heavy (non-hydrogen) atoms. The SMILES string of the molecule is CCN1Cc2c(c(C)nn2CCO)/C=C/c2n[nH]c3cnc(cc23)-c2c(C)nn(C)c2OC(C)C1. The molecule has 1 unspecified atom stereocenters. The zero-order valence-corrected chi connectivity index (χ0v) is 20.9. The summed E-state index contributed by atoms with van der Waals surface area (Å²) in [5.74, 6) is 0.704. The van der Waals surface area contributed by atoms with Gasteiger partial charge in [-0.25, -0.2) is 4.68 Å². The topological polar surface area (TPSA) is 110 Å². The number of rotatable bonds is 3. The van der Waals surface area contributed by atoms with Gasteiger partial charge in [-0.15, -0.1) is 0 Å². The summed E-state index contributed by atoms with van der Waals surface area (Å²) in [6, 6.07) is 2.04. The number of H-pyrrole nitrogens is 1. The zero-order chi connectivity index (χ0) is 24.7. The minimum Gasteiger partial charge on any atom is -0.473 e. The lowest BCUT2D eigenvalue weighted by Crippen LogP contribution is -2.34. The van der Waals surface area contributed by atoms with Crippen molar-refractivity contribution in [3.8, 4) is 17.1 Å². The van der Waals surface area contributed by atoms with E-state index < -0.39 is 0 Å². The van der Waals surface area contributed by atoms with E-state index in [2.05, 4.69) is 40.1 Å². The van der Waals surface area contributed by atoms with E-state index in [0.29, 0.717) is 19.0 Å². The van der Waals surface area contributed by atoms with Gasteiger partial charge in [-0.2, -0.15) is 15.3 Å². The first-order valence-corrected chi connectivity index (χ1v) is 12.0. The number of aromatic nitrogens is 7. The van der Waals surface area contributed by atoms with E-state index in [9.17, 15) is 5.11 Å². The fraction of sp³-hybridized carbons (Fsp3) is 0.440. The van der Waals surface area contributed by atoms with Gasteiger partial charge in [-0.1, -0.05) is 6.92 Å². The molecule has 10 nitrogen and oxygen atoms in total. The largest absolute Gasteiger partial charge is 0.473 e. The Balaban J connectivity index is 1.71. The van der Waals surface area contributed by atoms with Crippen molar-refractivity contribution in [3.63, 3.8) is 0 Å². The number of hydrogen-bond donors (Lipinski definition) is 2. The van der Waals surface area contributed by atoms with Gasteiger partial charge in [0.2, 0.25) is 5.88 Å². The third-order valence-electron chi connectivity index (χ3n) is 6.55. The van der Waals surface area contributed by atoms with Crippen molar-refractivity contribution in [2.24, 2.45) is 7.05 Å². The van der Waals surface area contributed by atoms with E-state index in [0.717, 1.165) is 63.6 Å². The van der Waals surface area contributed by atoms with Crippen LogP contribution in [0.3, 0.4) is 0 Å². The van der Waals surface area contributed by atoms with Crippen LogP contribution in [0, 0.1) is 13.8 Å². The first-order chi connectivity index (χ1) is 16.9. The zero-order valence-electron chi connectivity index (χ0n) is 20.9. The molecule has 2 bridgehead atoms. The third kappa shape index (κ3) is 4.23. The molecular weight excluding hydrogens is 444 g/mol. The molecular formula is C25H32N8O2. The lowest BCUT2D eigenvalue weighted by Gasteiger charge is -2.26. The van der Waals surface area contributed by atoms with Crippen molar-refractivity contribution in [2.75, 3.05) is 19.7 Å². The van der Waals surface area contributed by atoms with Gasteiger partial charge in [0.15, 0.2) is 0 Å². The summed E-state index contributed by atoms with van der Waals surface area (Å²) in [6.45, 7) is 10.9. The number of aromatic amines is 1. The van der Waals surface area contributed by atoms with Gasteiger partial charge >= 0.3 is 0 Å². The summed E-state index contributed by atoms with van der Waals surface area (Å²) >= 11 is 0. The van der Waals surface area contributed by atoms with Crippen LogP contribution in [0.5, 0.6) is 5.88 Å². The van der Waals surface area contributed by atoms with Gasteiger partial charge in [0.1, 0.15) is 6.10 Å². The number of hydrogen-bond acceptors (Lipinski definition) is 7. The molecule has 0 aromatic carbocycles. The highest BCUT2D eigenvalue weighted by atomic mass is 16.5. The van der Waals surface area contributed by atoms with Crippen LogP contribution in [0.4, 0.5) is 0 Å². The van der Waals surface area contributed by atoms with Crippen LogP contribution in [0.1, 0.15) is 42.2 Å². The minimum absolute atomic E-state index is 0.0330. The molecule has 0 saturated heterocycles. The maximum atomic E-state index is 9.64. The molecule has 2 N–H and O–H groups in total. The predicted octanol–water partition coefficient (Wildman–Crippen LogP) is 2.94. The molecule has 0 spiro atoms. The number of ether oxygens (including phenoxy) is 1. The van der Waals surface area contributed by atoms with Crippen LogP contribution in [0.25, 0.3) is 34.3 Å². The second-order valence-electron chi connectivity index (χ2n) is 9.10. The number of aliphatic hydroxyl groups excluding tert-OH is 1. The Hall–Kier alpha value is -3.50. The van der Waals surface area contributed by atoms with Crippen LogP contribution < -0.4 is 4.74 Å². The number of aliphatic hydroxyl groups is 1. The molecule has 0 saturated carbocycles. The molecule has 10 heteroatoms. The molecule has 4 aromatic rings. The van der Waals surface area contributed by atoms with E-state index in [1.807, 2.05) is 43.9 Å². The number of nitrogens with zero attached hydrogens (tertiary/aromatic N) is 7. The van der Waals surface area contributed by atoms with Crippen molar-refractivity contribution in [1.82, 2.24) is 39.6 Å². The smallest absolute Gasteiger partial charge is 0.221 e. The van der Waals surface area contributed by atoms with Gasteiger partial charge < -0.3 is 9.84 Å². The summed E-state index contributed by atoms with van der Waals surface area (Å²) < 4.78 is 10.2. The summed E-state index contributed by atoms with van der Waals surface area (Å²) in [6.07, 6.45) is 5.82. The average Bonchev–Trinajstić information content (AvgIpc) is 3.45. The van der Waals surface area contributed by atoms with E-state index in [4.69, 9.17) is 14.8 Å². The molecule has 1 aliphatic heterocycles. The number of fused-ring (bicyclic) bond motifs is 4. The Bertz CT molecular complexity index is 1400. The standard InChI is InChI=1S/C25H32N8O2/c1-6-32-13-15(2)35-25-24(17(4)29-31(25)5)21-11-19-20(27-28-22(19)12-26-21)8-7-18-16(3)30-33(9-10-34)23(18)14-32/h7-8,11-12,15,34H,6,9-10,13-14H2,1-5H3,(H,27,28)/b8-7+. The van der Waals surface area contributed by atoms with Crippen molar-refractivity contribution in [1.29, 1.82) is 0 Å². The van der Waals surface area contributed by atoms with Gasteiger partial charge in [0.25, 0.3) is 0 Å². The molecule has 5 rings (SSSR count). The van der Waals surface area contributed by atoms with Gasteiger partial charge in [-0.05, 0) is 45.5 Å². The molecule has 5 heterocycles. The number of pyridine rings is 1. The highest BCUT2D eigenvalue weighted by molar-refractivity contribution is 5.92. The summed E-state index contributed by atoms with van der Waals surface area (Å²) in [5, 5.41) is 27.6. The minimum atomic E-state index is -0.0869. The summed E-state index contributed by atoms with van der Waals surface area (Å²) in [7, 11) is 1.90. The third-order valence-corrected chi connectivity index (χ3v) is 6.55. The average molecular weight is 477 g/mol. The highest BCUT2D eigenvalue weighted by Crippen LogP contribution is 2.34.